The highest BCUT2D eigenvalue weighted by Gasteiger charge is 2.29. The van der Waals surface area contributed by atoms with Crippen molar-refractivity contribution in [3.63, 3.8) is 0 Å². The van der Waals surface area contributed by atoms with Crippen molar-refractivity contribution in [3.8, 4) is 22.3 Å². The van der Waals surface area contributed by atoms with Gasteiger partial charge in [0.2, 0.25) is 5.91 Å². The van der Waals surface area contributed by atoms with Gasteiger partial charge in [0.15, 0.2) is 0 Å². The molecule has 10 nitrogen and oxygen atoms in total. The first-order valence-electron chi connectivity index (χ1n) is 18.8. The fourth-order valence-corrected chi connectivity index (χ4v) is 7.30. The number of nitrogens with two attached hydrogens (primary N) is 1. The molecule has 2 fully saturated rings. The molecule has 5 aromatic rings. The first-order valence-corrected chi connectivity index (χ1v) is 18.8. The van der Waals surface area contributed by atoms with Crippen LogP contribution < -0.4 is 16.6 Å². The second kappa shape index (κ2) is 16.9. The molecule has 0 unspecified atom stereocenters. The van der Waals surface area contributed by atoms with Crippen LogP contribution in [0.4, 0.5) is 10.5 Å². The fourth-order valence-electron chi connectivity index (χ4n) is 7.30. The van der Waals surface area contributed by atoms with Crippen molar-refractivity contribution in [2.24, 2.45) is 11.7 Å². The van der Waals surface area contributed by atoms with Gasteiger partial charge in [-0.25, -0.2) is 9.78 Å². The van der Waals surface area contributed by atoms with Crippen LogP contribution in [-0.2, 0) is 9.53 Å². The molecular weight excluding hydrogens is 679 g/mol. The maximum absolute atomic E-state index is 13.0. The van der Waals surface area contributed by atoms with E-state index in [-0.39, 0.29) is 29.4 Å². The zero-order valence-electron chi connectivity index (χ0n) is 31.3. The van der Waals surface area contributed by atoms with E-state index >= 15 is 0 Å². The van der Waals surface area contributed by atoms with Gasteiger partial charge in [-0.05, 0) is 80.8 Å². The summed E-state index contributed by atoms with van der Waals surface area (Å²) < 4.78 is 5.46. The third kappa shape index (κ3) is 9.23. The molecule has 10 heteroatoms. The summed E-state index contributed by atoms with van der Waals surface area (Å²) in [5.74, 6) is 0.290. The molecule has 4 N–H and O–H groups in total. The highest BCUT2D eigenvalue weighted by molar-refractivity contribution is 6.08. The van der Waals surface area contributed by atoms with Crippen molar-refractivity contribution in [2.45, 2.75) is 77.2 Å². The largest absolute Gasteiger partial charge is 0.444 e. The Hall–Kier alpha value is -5.77. The van der Waals surface area contributed by atoms with Gasteiger partial charge in [0, 0.05) is 24.9 Å². The van der Waals surface area contributed by atoms with Crippen molar-refractivity contribution in [1.82, 2.24) is 14.9 Å². The van der Waals surface area contributed by atoms with Gasteiger partial charge >= 0.3 is 6.09 Å². The highest BCUT2D eigenvalue weighted by Crippen LogP contribution is 2.32. The van der Waals surface area contributed by atoms with Crippen LogP contribution in [0.5, 0.6) is 0 Å². The van der Waals surface area contributed by atoms with Crippen molar-refractivity contribution < 1.29 is 19.1 Å². The Labute approximate surface area is 316 Å². The molecule has 0 radical (unpaired) electrons. The molecule has 0 spiro atoms. The summed E-state index contributed by atoms with van der Waals surface area (Å²) in [5, 5.41) is 3.54. The smallest absolute Gasteiger partial charge is 0.410 e. The molecule has 1 aliphatic heterocycles. The van der Waals surface area contributed by atoms with Gasteiger partial charge in [0.05, 0.1) is 22.2 Å². The first kappa shape index (κ1) is 38.0. The fraction of sp³-hybridized carbons (Fsp3) is 0.341. The summed E-state index contributed by atoms with van der Waals surface area (Å²) in [5.41, 5.74) is 10.1. The maximum atomic E-state index is 13.0. The number of piperidine rings is 1. The standard InChI is InChI=1S/C24H27N3O3.C20H22N2O2/c1-24(2,3)30-23(29)27-14-12-17(13-15-27)21-25-19-11-7-10-18(20(19)22(28)26-21)16-8-5-4-6-9-16;21-19(23)18-16(14-8-3-1-4-9-14)12-7-13-17(18)22-20(24)15-10-5-2-6-11-15/h4-11,17H,12-15H2,1-3H3,(H,25,26,28);1,3-4,7-9,12-13,15H,2,5-6,10-11H2,(H2,21,23)(H,22,24). The van der Waals surface area contributed by atoms with Gasteiger partial charge < -0.3 is 25.7 Å². The van der Waals surface area contributed by atoms with Gasteiger partial charge in [-0.15, -0.1) is 0 Å². The lowest BCUT2D eigenvalue weighted by Gasteiger charge is -2.33. The Morgan fingerprint density at radius 2 is 1.37 bits per heavy atom. The number of amides is 3. The molecule has 2 aliphatic rings. The van der Waals surface area contributed by atoms with E-state index in [4.69, 9.17) is 15.5 Å². The van der Waals surface area contributed by atoms with E-state index in [0.29, 0.717) is 41.1 Å². The normalized spacial score (nSPS) is 15.2. The molecule has 4 aromatic carbocycles. The number of likely N-dealkylation sites (tertiary alicyclic amines) is 1. The van der Waals surface area contributed by atoms with E-state index in [1.807, 2.05) is 112 Å². The number of fused-ring (bicyclic) bond motifs is 1. The van der Waals surface area contributed by atoms with Crippen LogP contribution in [0.15, 0.2) is 102 Å². The Balaban J connectivity index is 0.000000189. The van der Waals surface area contributed by atoms with Crippen molar-refractivity contribution in [2.75, 3.05) is 18.4 Å². The predicted octanol–water partition coefficient (Wildman–Crippen LogP) is 8.68. The van der Waals surface area contributed by atoms with Gasteiger partial charge in [-0.2, -0.15) is 0 Å². The summed E-state index contributed by atoms with van der Waals surface area (Å²) in [6, 6.07) is 30.7. The molecule has 0 atom stereocenters. The first-order chi connectivity index (χ1) is 26.0. The third-order valence-electron chi connectivity index (χ3n) is 10.00. The average molecular weight is 728 g/mol. The Morgan fingerprint density at radius 3 is 1.98 bits per heavy atom. The zero-order valence-corrected chi connectivity index (χ0v) is 31.3. The van der Waals surface area contributed by atoms with E-state index in [2.05, 4.69) is 10.3 Å². The molecular formula is C44H49N5O5. The molecule has 3 amide bonds. The van der Waals surface area contributed by atoms with E-state index in [1.54, 1.807) is 11.0 Å². The number of H-pyrrole nitrogens is 1. The SMILES string of the molecule is CC(C)(C)OC(=O)N1CCC(c2nc3cccc(-c4ccccc4)c3c(=O)[nH]2)CC1.NC(=O)c1c(NC(=O)C2CCCCC2)cccc1-c1ccccc1. The summed E-state index contributed by atoms with van der Waals surface area (Å²) >= 11 is 0. The second-order valence-corrected chi connectivity index (χ2v) is 15.0. The number of carbonyl (C=O) groups is 3. The van der Waals surface area contributed by atoms with Crippen LogP contribution >= 0.6 is 0 Å². The topological polar surface area (TPSA) is 147 Å². The molecule has 0 bridgehead atoms. The van der Waals surface area contributed by atoms with Crippen LogP contribution in [0.25, 0.3) is 33.2 Å². The number of anilines is 1. The van der Waals surface area contributed by atoms with Crippen LogP contribution in [0, 0.1) is 5.92 Å². The number of hydrogen-bond donors (Lipinski definition) is 3. The molecule has 2 heterocycles. The number of aromatic amines is 1. The highest BCUT2D eigenvalue weighted by atomic mass is 16.6. The van der Waals surface area contributed by atoms with Crippen LogP contribution in [0.3, 0.4) is 0 Å². The van der Waals surface area contributed by atoms with E-state index in [9.17, 15) is 19.2 Å². The van der Waals surface area contributed by atoms with Gasteiger partial charge in [0.25, 0.3) is 11.5 Å². The van der Waals surface area contributed by atoms with Crippen LogP contribution in [0.2, 0.25) is 0 Å². The summed E-state index contributed by atoms with van der Waals surface area (Å²) in [6.07, 6.45) is 6.40. The molecule has 1 aliphatic carbocycles. The number of nitrogens with one attached hydrogen (secondary N) is 2. The van der Waals surface area contributed by atoms with Crippen LogP contribution in [0.1, 0.15) is 87.8 Å². The van der Waals surface area contributed by atoms with Gasteiger partial charge in [-0.1, -0.05) is 104 Å². The van der Waals surface area contributed by atoms with Gasteiger partial charge in [-0.3, -0.25) is 14.4 Å². The maximum Gasteiger partial charge on any atom is 0.410 e. The number of hydrogen-bond acceptors (Lipinski definition) is 6. The van der Waals surface area contributed by atoms with E-state index < -0.39 is 11.5 Å². The molecule has 54 heavy (non-hydrogen) atoms. The molecule has 1 saturated heterocycles. The number of rotatable bonds is 6. The van der Waals surface area contributed by atoms with E-state index in [1.165, 1.54) is 6.42 Å². The summed E-state index contributed by atoms with van der Waals surface area (Å²) in [4.78, 5) is 59.4. The number of primary amides is 1. The quantitative estimate of drug-likeness (QED) is 0.160. The van der Waals surface area contributed by atoms with E-state index in [0.717, 1.165) is 60.8 Å². The van der Waals surface area contributed by atoms with Crippen molar-refractivity contribution in [3.05, 3.63) is 119 Å². The summed E-state index contributed by atoms with van der Waals surface area (Å²) in [7, 11) is 0. The third-order valence-corrected chi connectivity index (χ3v) is 10.00. The number of nitrogens with zero attached hydrogens (tertiary/aromatic N) is 2. The minimum absolute atomic E-state index is 0.0117. The van der Waals surface area contributed by atoms with Gasteiger partial charge in [0.1, 0.15) is 11.4 Å². The van der Waals surface area contributed by atoms with Crippen molar-refractivity contribution >= 4 is 34.5 Å². The lowest BCUT2D eigenvalue weighted by molar-refractivity contribution is -0.120. The Morgan fingerprint density at radius 1 is 0.778 bits per heavy atom. The Kier molecular flexibility index (Phi) is 11.9. The second-order valence-electron chi connectivity index (χ2n) is 15.0. The number of carbonyl (C=O) groups excluding carboxylic acids is 3. The lowest BCUT2D eigenvalue weighted by Crippen LogP contribution is -2.41. The lowest BCUT2D eigenvalue weighted by atomic mass is 9.88. The average Bonchev–Trinajstić information content (AvgIpc) is 3.18. The molecule has 280 valence electrons. The monoisotopic (exact) mass is 727 g/mol. The number of aromatic nitrogens is 2. The van der Waals surface area contributed by atoms with Crippen LogP contribution in [-0.4, -0.2) is 51.5 Å². The minimum Gasteiger partial charge on any atom is -0.444 e. The predicted molar refractivity (Wildman–Crippen MR) is 213 cm³/mol. The molecule has 7 rings (SSSR count). The zero-order chi connectivity index (χ0) is 38.2. The molecule has 1 saturated carbocycles. The Bertz CT molecular complexity index is 2150. The summed E-state index contributed by atoms with van der Waals surface area (Å²) in [6.45, 7) is 6.78. The number of ether oxygens (including phenoxy) is 1. The van der Waals surface area contributed by atoms with Crippen molar-refractivity contribution in [1.29, 1.82) is 0 Å². The number of benzene rings is 4. The minimum atomic E-state index is -0.534. The molecule has 1 aromatic heterocycles.